The number of rotatable bonds is 7. The van der Waals surface area contributed by atoms with E-state index in [1.54, 1.807) is 12.3 Å². The number of carbonyl (C=O) groups excluding carboxylic acids is 1. The van der Waals surface area contributed by atoms with Crippen molar-refractivity contribution in [1.82, 2.24) is 4.98 Å². The summed E-state index contributed by atoms with van der Waals surface area (Å²) in [5, 5.41) is 12.7. The molecule has 166 valence electrons. The van der Waals surface area contributed by atoms with Gasteiger partial charge in [-0.2, -0.15) is 0 Å². The molecule has 0 unspecified atom stereocenters. The third-order valence-corrected chi connectivity index (χ3v) is 5.47. The van der Waals surface area contributed by atoms with Gasteiger partial charge in [-0.25, -0.2) is 9.37 Å². The number of anilines is 1. The van der Waals surface area contributed by atoms with Gasteiger partial charge in [0.2, 0.25) is 11.8 Å². The summed E-state index contributed by atoms with van der Waals surface area (Å²) in [6.45, 7) is 4.22. The van der Waals surface area contributed by atoms with Crippen molar-refractivity contribution in [3.05, 3.63) is 77.7 Å². The predicted octanol–water partition coefficient (Wildman–Crippen LogP) is 4.07. The number of aromatic nitrogens is 1. The normalized spacial score (nSPS) is 14.7. The quantitative estimate of drug-likeness (QED) is 0.584. The molecule has 0 spiro atoms. The number of pyridine rings is 1. The molecule has 1 aromatic heterocycles. The molecule has 4 rings (SSSR count). The molecule has 32 heavy (non-hydrogen) atoms. The van der Waals surface area contributed by atoms with Crippen LogP contribution in [0.15, 0.2) is 60.8 Å². The SMILES string of the molecule is CC(C)Oc1cc(CO)c(-c2ccc(C3(C(=O)Nc4ccc(F)cc4)COC3)cc2)cn1. The highest BCUT2D eigenvalue weighted by atomic mass is 19.1. The van der Waals surface area contributed by atoms with Gasteiger partial charge >= 0.3 is 0 Å². The van der Waals surface area contributed by atoms with Crippen LogP contribution in [0.4, 0.5) is 10.1 Å². The van der Waals surface area contributed by atoms with Gasteiger partial charge in [0.05, 0.1) is 25.9 Å². The molecule has 1 aliphatic heterocycles. The summed E-state index contributed by atoms with van der Waals surface area (Å²) in [6.07, 6.45) is 1.67. The van der Waals surface area contributed by atoms with Crippen molar-refractivity contribution in [2.75, 3.05) is 18.5 Å². The number of hydrogen-bond donors (Lipinski definition) is 2. The van der Waals surface area contributed by atoms with E-state index in [1.165, 1.54) is 24.3 Å². The van der Waals surface area contributed by atoms with Gasteiger partial charge in [0.25, 0.3) is 0 Å². The molecular formula is C25H25FN2O4. The Labute approximate surface area is 186 Å². The Kier molecular flexibility index (Phi) is 6.21. The molecule has 0 bridgehead atoms. The van der Waals surface area contributed by atoms with Crippen LogP contribution in [0, 0.1) is 5.82 Å². The second-order valence-electron chi connectivity index (χ2n) is 8.12. The molecule has 2 N–H and O–H groups in total. The number of aliphatic hydroxyl groups excluding tert-OH is 1. The minimum Gasteiger partial charge on any atom is -0.475 e. The van der Waals surface area contributed by atoms with Crippen molar-refractivity contribution in [2.24, 2.45) is 0 Å². The highest BCUT2D eigenvalue weighted by molar-refractivity contribution is 6.00. The fourth-order valence-electron chi connectivity index (χ4n) is 3.66. The van der Waals surface area contributed by atoms with Crippen molar-refractivity contribution in [3.63, 3.8) is 0 Å². The van der Waals surface area contributed by atoms with E-state index in [2.05, 4.69) is 10.3 Å². The van der Waals surface area contributed by atoms with Crippen LogP contribution in [-0.2, 0) is 21.6 Å². The van der Waals surface area contributed by atoms with E-state index in [0.717, 1.165) is 16.7 Å². The van der Waals surface area contributed by atoms with Crippen LogP contribution < -0.4 is 10.1 Å². The van der Waals surface area contributed by atoms with E-state index in [9.17, 15) is 14.3 Å². The third-order valence-electron chi connectivity index (χ3n) is 5.47. The minimum atomic E-state index is -0.806. The Morgan fingerprint density at radius 2 is 1.88 bits per heavy atom. The standard InChI is InChI=1S/C25H25FN2O4/c1-16(2)32-23-11-18(13-29)22(12-27-23)17-3-5-19(6-4-17)25(14-31-15-25)24(30)28-21-9-7-20(26)8-10-21/h3-12,16,29H,13-15H2,1-2H3,(H,28,30). The maximum Gasteiger partial charge on any atom is 0.239 e. The van der Waals surface area contributed by atoms with Crippen LogP contribution in [0.5, 0.6) is 5.88 Å². The van der Waals surface area contributed by atoms with Crippen LogP contribution in [0.1, 0.15) is 25.0 Å². The molecule has 0 saturated carbocycles. The van der Waals surface area contributed by atoms with Gasteiger partial charge in [-0.1, -0.05) is 24.3 Å². The minimum absolute atomic E-state index is 0.0129. The molecule has 0 aliphatic carbocycles. The molecular weight excluding hydrogens is 411 g/mol. The maximum absolute atomic E-state index is 13.2. The monoisotopic (exact) mass is 436 g/mol. The molecule has 1 fully saturated rings. The first kappa shape index (κ1) is 21.9. The number of halogens is 1. The van der Waals surface area contributed by atoms with E-state index in [4.69, 9.17) is 9.47 Å². The summed E-state index contributed by atoms with van der Waals surface area (Å²) in [4.78, 5) is 17.4. The lowest BCUT2D eigenvalue weighted by atomic mass is 9.77. The third kappa shape index (κ3) is 4.35. The van der Waals surface area contributed by atoms with E-state index >= 15 is 0 Å². The molecule has 0 radical (unpaired) electrons. The summed E-state index contributed by atoms with van der Waals surface area (Å²) in [5.74, 6) is -0.0933. The molecule has 0 atom stereocenters. The number of nitrogens with one attached hydrogen (secondary N) is 1. The largest absolute Gasteiger partial charge is 0.475 e. The Balaban J connectivity index is 1.57. The van der Waals surface area contributed by atoms with E-state index in [1.807, 2.05) is 38.1 Å². The molecule has 7 heteroatoms. The molecule has 1 amide bonds. The first-order valence-corrected chi connectivity index (χ1v) is 10.4. The highest BCUT2D eigenvalue weighted by Gasteiger charge is 2.47. The topological polar surface area (TPSA) is 80.7 Å². The van der Waals surface area contributed by atoms with Crippen molar-refractivity contribution < 1.29 is 23.8 Å². The van der Waals surface area contributed by atoms with E-state index in [0.29, 0.717) is 17.1 Å². The summed E-state index contributed by atoms with van der Waals surface area (Å²) in [7, 11) is 0. The first-order valence-electron chi connectivity index (χ1n) is 10.4. The van der Waals surface area contributed by atoms with Gasteiger partial charge in [0, 0.05) is 23.5 Å². The lowest BCUT2D eigenvalue weighted by molar-refractivity contribution is -0.139. The second kappa shape index (κ2) is 9.06. The summed E-state index contributed by atoms with van der Waals surface area (Å²) < 4.78 is 24.2. The summed E-state index contributed by atoms with van der Waals surface area (Å²) >= 11 is 0. The van der Waals surface area contributed by atoms with Gasteiger partial charge < -0.3 is 19.9 Å². The predicted molar refractivity (Wildman–Crippen MR) is 119 cm³/mol. The lowest BCUT2D eigenvalue weighted by Gasteiger charge is -2.40. The van der Waals surface area contributed by atoms with E-state index in [-0.39, 0.29) is 37.6 Å². The van der Waals surface area contributed by atoms with Crippen LogP contribution in [0.25, 0.3) is 11.1 Å². The van der Waals surface area contributed by atoms with Crippen LogP contribution in [-0.4, -0.2) is 35.3 Å². The Morgan fingerprint density at radius 1 is 1.19 bits per heavy atom. The number of aliphatic hydroxyl groups is 1. The number of amides is 1. The lowest BCUT2D eigenvalue weighted by Crippen LogP contribution is -2.55. The van der Waals surface area contributed by atoms with Crippen LogP contribution in [0.2, 0.25) is 0 Å². The average Bonchev–Trinajstić information content (AvgIpc) is 2.75. The zero-order valence-electron chi connectivity index (χ0n) is 18.0. The zero-order valence-corrected chi connectivity index (χ0v) is 18.0. The number of nitrogens with zero attached hydrogens (tertiary/aromatic N) is 1. The maximum atomic E-state index is 13.2. The van der Waals surface area contributed by atoms with Crippen LogP contribution in [0.3, 0.4) is 0 Å². The second-order valence-corrected chi connectivity index (χ2v) is 8.12. The highest BCUT2D eigenvalue weighted by Crippen LogP contribution is 2.36. The molecule has 1 saturated heterocycles. The average molecular weight is 436 g/mol. The Morgan fingerprint density at radius 3 is 2.44 bits per heavy atom. The number of ether oxygens (including phenoxy) is 2. The zero-order chi connectivity index (χ0) is 22.7. The van der Waals surface area contributed by atoms with Crippen molar-refractivity contribution >= 4 is 11.6 Å². The molecule has 2 heterocycles. The summed E-state index contributed by atoms with van der Waals surface area (Å²) in [5.41, 5.74) is 2.92. The van der Waals surface area contributed by atoms with Gasteiger partial charge in [-0.3, -0.25) is 4.79 Å². The van der Waals surface area contributed by atoms with Gasteiger partial charge in [-0.15, -0.1) is 0 Å². The molecule has 1 aliphatic rings. The van der Waals surface area contributed by atoms with Crippen LogP contribution >= 0.6 is 0 Å². The first-order chi connectivity index (χ1) is 15.4. The van der Waals surface area contributed by atoms with Gasteiger partial charge in [-0.05, 0) is 54.8 Å². The summed E-state index contributed by atoms with van der Waals surface area (Å²) in [6, 6.07) is 15.0. The fourth-order valence-corrected chi connectivity index (χ4v) is 3.66. The molecule has 2 aromatic carbocycles. The number of hydrogen-bond acceptors (Lipinski definition) is 5. The van der Waals surface area contributed by atoms with Crippen molar-refractivity contribution in [2.45, 2.75) is 32.0 Å². The smallest absolute Gasteiger partial charge is 0.239 e. The fraction of sp³-hybridized carbons (Fsp3) is 0.280. The van der Waals surface area contributed by atoms with Gasteiger partial charge in [0.15, 0.2) is 0 Å². The number of carbonyl (C=O) groups is 1. The van der Waals surface area contributed by atoms with E-state index < -0.39 is 5.41 Å². The Bertz CT molecular complexity index is 1090. The number of benzene rings is 2. The van der Waals surface area contributed by atoms with Gasteiger partial charge in [0.1, 0.15) is 11.2 Å². The van der Waals surface area contributed by atoms with Crippen molar-refractivity contribution in [1.29, 1.82) is 0 Å². The van der Waals surface area contributed by atoms with Crippen molar-refractivity contribution in [3.8, 4) is 17.0 Å². The molecule has 6 nitrogen and oxygen atoms in total. The molecule has 3 aromatic rings. The Hall–Kier alpha value is -3.29.